The van der Waals surface area contributed by atoms with Gasteiger partial charge < -0.3 is 14.7 Å². The highest BCUT2D eigenvalue weighted by molar-refractivity contribution is 5.51. The lowest BCUT2D eigenvalue weighted by atomic mass is 9.86. The van der Waals surface area contributed by atoms with Crippen LogP contribution in [0, 0.1) is 5.41 Å². The monoisotopic (exact) mass is 261 g/mol. The van der Waals surface area contributed by atoms with Crippen LogP contribution in [0.5, 0.6) is 0 Å². The van der Waals surface area contributed by atoms with Gasteiger partial charge in [-0.1, -0.05) is 6.07 Å². The zero-order valence-electron chi connectivity index (χ0n) is 11.7. The number of aliphatic hydroxyl groups is 1. The van der Waals surface area contributed by atoms with Crippen LogP contribution in [-0.2, 0) is 17.6 Å². The highest BCUT2D eigenvalue weighted by Gasteiger charge is 2.39. The molecule has 0 atom stereocenters. The van der Waals surface area contributed by atoms with Crippen molar-refractivity contribution >= 4 is 5.69 Å². The average Bonchev–Trinajstić information content (AvgIpc) is 2.42. The maximum atomic E-state index is 9.52. The number of aryl methyl sites for hydroxylation is 2. The van der Waals surface area contributed by atoms with E-state index in [4.69, 9.17) is 4.74 Å². The van der Waals surface area contributed by atoms with Crippen LogP contribution in [0.3, 0.4) is 0 Å². The Morgan fingerprint density at radius 1 is 1.21 bits per heavy atom. The fraction of sp³-hybridized carbons (Fsp3) is 0.625. The van der Waals surface area contributed by atoms with Crippen LogP contribution in [0.2, 0.25) is 0 Å². The first kappa shape index (κ1) is 12.9. The molecule has 0 bridgehead atoms. The van der Waals surface area contributed by atoms with E-state index in [1.165, 1.54) is 42.5 Å². The standard InChI is InChI=1S/C16H23NO2/c1-17(9-16(10-18)11-19-12-16)15-7-6-13-4-2-3-5-14(13)8-15/h6-8,18H,2-5,9-12H2,1H3. The predicted molar refractivity (Wildman–Crippen MR) is 76.7 cm³/mol. The average molecular weight is 261 g/mol. The molecule has 0 saturated carbocycles. The minimum atomic E-state index is -0.0509. The Kier molecular flexibility index (Phi) is 3.50. The predicted octanol–water partition coefficient (Wildman–Crippen LogP) is 2.01. The summed E-state index contributed by atoms with van der Waals surface area (Å²) in [4.78, 5) is 2.26. The summed E-state index contributed by atoms with van der Waals surface area (Å²) in [7, 11) is 2.11. The van der Waals surface area contributed by atoms with Crippen molar-refractivity contribution in [3.05, 3.63) is 29.3 Å². The molecule has 0 aromatic heterocycles. The van der Waals surface area contributed by atoms with Crippen molar-refractivity contribution in [2.75, 3.05) is 38.3 Å². The number of hydrogen-bond donors (Lipinski definition) is 1. The van der Waals surface area contributed by atoms with Gasteiger partial charge in [0, 0.05) is 19.3 Å². The van der Waals surface area contributed by atoms with Crippen molar-refractivity contribution in [2.24, 2.45) is 5.41 Å². The molecular weight excluding hydrogens is 238 g/mol. The molecule has 1 aromatic carbocycles. The molecule has 1 fully saturated rings. The van der Waals surface area contributed by atoms with E-state index in [1.807, 2.05) is 0 Å². The summed E-state index contributed by atoms with van der Waals surface area (Å²) < 4.78 is 5.27. The lowest BCUT2D eigenvalue weighted by molar-refractivity contribution is -0.130. The van der Waals surface area contributed by atoms with Gasteiger partial charge in [-0.15, -0.1) is 0 Å². The smallest absolute Gasteiger partial charge is 0.0584 e. The third kappa shape index (κ3) is 2.49. The Morgan fingerprint density at radius 2 is 1.95 bits per heavy atom. The maximum Gasteiger partial charge on any atom is 0.0584 e. The molecule has 0 radical (unpaired) electrons. The zero-order valence-corrected chi connectivity index (χ0v) is 11.7. The van der Waals surface area contributed by atoms with Crippen LogP contribution in [0.4, 0.5) is 5.69 Å². The summed E-state index contributed by atoms with van der Waals surface area (Å²) in [5.41, 5.74) is 4.25. The second-order valence-corrected chi connectivity index (χ2v) is 6.17. The Labute approximate surface area is 115 Å². The summed E-state index contributed by atoms with van der Waals surface area (Å²) in [6.07, 6.45) is 5.08. The number of anilines is 1. The Bertz CT molecular complexity index is 449. The minimum absolute atomic E-state index is 0.0509. The molecule has 0 spiro atoms. The topological polar surface area (TPSA) is 32.7 Å². The fourth-order valence-corrected chi connectivity index (χ4v) is 3.17. The van der Waals surface area contributed by atoms with Gasteiger partial charge in [0.25, 0.3) is 0 Å². The molecule has 1 aliphatic carbocycles. The number of nitrogens with zero attached hydrogens (tertiary/aromatic N) is 1. The second kappa shape index (κ2) is 5.14. The minimum Gasteiger partial charge on any atom is -0.396 e. The molecule has 1 saturated heterocycles. The van der Waals surface area contributed by atoms with E-state index in [1.54, 1.807) is 0 Å². The molecule has 1 heterocycles. The third-order valence-electron chi connectivity index (χ3n) is 4.50. The van der Waals surface area contributed by atoms with Crippen LogP contribution in [-0.4, -0.2) is 38.5 Å². The summed E-state index contributed by atoms with van der Waals surface area (Å²) in [5, 5.41) is 9.52. The fourth-order valence-electron chi connectivity index (χ4n) is 3.17. The molecule has 104 valence electrons. The van der Waals surface area contributed by atoms with Crippen molar-refractivity contribution < 1.29 is 9.84 Å². The highest BCUT2D eigenvalue weighted by Crippen LogP contribution is 2.31. The first-order valence-electron chi connectivity index (χ1n) is 7.24. The lowest BCUT2D eigenvalue weighted by Gasteiger charge is -2.43. The van der Waals surface area contributed by atoms with Gasteiger partial charge in [-0.25, -0.2) is 0 Å². The molecular formula is C16H23NO2. The number of rotatable bonds is 4. The molecule has 1 aliphatic heterocycles. The van der Waals surface area contributed by atoms with Crippen molar-refractivity contribution in [2.45, 2.75) is 25.7 Å². The van der Waals surface area contributed by atoms with Crippen LogP contribution in [0.1, 0.15) is 24.0 Å². The molecule has 19 heavy (non-hydrogen) atoms. The van der Waals surface area contributed by atoms with Crippen LogP contribution >= 0.6 is 0 Å². The molecule has 1 aromatic rings. The van der Waals surface area contributed by atoms with E-state index in [0.717, 1.165) is 6.54 Å². The van der Waals surface area contributed by atoms with Gasteiger partial charge >= 0.3 is 0 Å². The molecule has 3 rings (SSSR count). The number of aliphatic hydroxyl groups excluding tert-OH is 1. The summed E-state index contributed by atoms with van der Waals surface area (Å²) >= 11 is 0. The van der Waals surface area contributed by atoms with Gasteiger partial charge in [-0.3, -0.25) is 0 Å². The van der Waals surface area contributed by atoms with Gasteiger partial charge in [0.2, 0.25) is 0 Å². The number of fused-ring (bicyclic) bond motifs is 1. The van der Waals surface area contributed by atoms with Crippen molar-refractivity contribution in [3.63, 3.8) is 0 Å². The number of ether oxygens (including phenoxy) is 1. The third-order valence-corrected chi connectivity index (χ3v) is 4.50. The maximum absolute atomic E-state index is 9.52. The Balaban J connectivity index is 1.74. The largest absolute Gasteiger partial charge is 0.396 e. The van der Waals surface area contributed by atoms with Gasteiger partial charge in [-0.2, -0.15) is 0 Å². The van der Waals surface area contributed by atoms with Crippen LogP contribution < -0.4 is 4.90 Å². The molecule has 2 aliphatic rings. The highest BCUT2D eigenvalue weighted by atomic mass is 16.5. The van der Waals surface area contributed by atoms with E-state index >= 15 is 0 Å². The number of hydrogen-bond acceptors (Lipinski definition) is 3. The van der Waals surface area contributed by atoms with E-state index < -0.39 is 0 Å². The molecule has 0 unspecified atom stereocenters. The van der Waals surface area contributed by atoms with Crippen LogP contribution in [0.15, 0.2) is 18.2 Å². The first-order valence-corrected chi connectivity index (χ1v) is 7.24. The van der Waals surface area contributed by atoms with Gasteiger partial charge in [0.05, 0.1) is 25.2 Å². The normalized spacial score (nSPS) is 20.5. The molecule has 1 N–H and O–H groups in total. The SMILES string of the molecule is CN(CC1(CO)COC1)c1ccc2c(c1)CCCC2. The van der Waals surface area contributed by atoms with Crippen molar-refractivity contribution in [1.29, 1.82) is 0 Å². The van der Waals surface area contributed by atoms with Crippen LogP contribution in [0.25, 0.3) is 0 Å². The van der Waals surface area contributed by atoms with E-state index in [2.05, 4.69) is 30.1 Å². The Hall–Kier alpha value is -1.06. The van der Waals surface area contributed by atoms with Gasteiger partial charge in [0.15, 0.2) is 0 Å². The summed E-state index contributed by atoms with van der Waals surface area (Å²) in [6, 6.07) is 6.83. The molecule has 3 heteroatoms. The second-order valence-electron chi connectivity index (χ2n) is 6.17. The van der Waals surface area contributed by atoms with E-state index in [0.29, 0.717) is 13.2 Å². The van der Waals surface area contributed by atoms with Gasteiger partial charge in [0.1, 0.15) is 0 Å². The summed E-state index contributed by atoms with van der Waals surface area (Å²) in [6.45, 7) is 2.43. The summed E-state index contributed by atoms with van der Waals surface area (Å²) in [5.74, 6) is 0. The zero-order chi connectivity index (χ0) is 13.3. The van der Waals surface area contributed by atoms with E-state index in [9.17, 15) is 5.11 Å². The van der Waals surface area contributed by atoms with E-state index in [-0.39, 0.29) is 12.0 Å². The van der Waals surface area contributed by atoms with Crippen molar-refractivity contribution in [1.82, 2.24) is 0 Å². The van der Waals surface area contributed by atoms with Crippen molar-refractivity contribution in [3.8, 4) is 0 Å². The lowest BCUT2D eigenvalue weighted by Crippen LogP contribution is -2.52. The number of benzene rings is 1. The first-order chi connectivity index (χ1) is 9.22. The molecule has 3 nitrogen and oxygen atoms in total. The Morgan fingerprint density at radius 3 is 2.58 bits per heavy atom. The molecule has 0 amide bonds. The quantitative estimate of drug-likeness (QED) is 0.900. The van der Waals surface area contributed by atoms with Gasteiger partial charge in [-0.05, 0) is 48.9 Å².